The maximum absolute atomic E-state index is 10.8. The Kier molecular flexibility index (Phi) is 5.22. The zero-order valence-electron chi connectivity index (χ0n) is 10.6. The van der Waals surface area contributed by atoms with Crippen molar-refractivity contribution in [3.63, 3.8) is 0 Å². The smallest absolute Gasteiger partial charge is 0.320 e. The summed E-state index contributed by atoms with van der Waals surface area (Å²) in [5, 5.41) is 8.93. The van der Waals surface area contributed by atoms with Crippen LogP contribution in [0.1, 0.15) is 27.2 Å². The molecule has 0 spiro atoms. The van der Waals surface area contributed by atoms with E-state index in [-0.39, 0.29) is 6.04 Å². The van der Waals surface area contributed by atoms with Crippen LogP contribution in [0.25, 0.3) is 0 Å². The molecular weight excluding hydrogens is 204 g/mol. The Morgan fingerprint density at radius 1 is 1.25 bits per heavy atom. The van der Waals surface area contributed by atoms with E-state index in [9.17, 15) is 4.79 Å². The van der Waals surface area contributed by atoms with Crippen LogP contribution in [-0.4, -0.2) is 59.6 Å². The highest BCUT2D eigenvalue weighted by Crippen LogP contribution is 2.10. The number of piperazine rings is 1. The molecule has 0 aromatic carbocycles. The molecule has 4 nitrogen and oxygen atoms in total. The van der Waals surface area contributed by atoms with Gasteiger partial charge in [-0.2, -0.15) is 0 Å². The molecule has 1 fully saturated rings. The van der Waals surface area contributed by atoms with E-state index in [4.69, 9.17) is 5.11 Å². The van der Waals surface area contributed by atoms with Crippen molar-refractivity contribution in [2.75, 3.05) is 32.7 Å². The fourth-order valence-electron chi connectivity index (χ4n) is 2.06. The Hall–Kier alpha value is -0.610. The van der Waals surface area contributed by atoms with Gasteiger partial charge in [0.05, 0.1) is 0 Å². The van der Waals surface area contributed by atoms with Crippen LogP contribution in [0.4, 0.5) is 0 Å². The molecule has 4 heteroatoms. The van der Waals surface area contributed by atoms with Crippen molar-refractivity contribution in [3.05, 3.63) is 0 Å². The molecule has 1 rings (SSSR count). The zero-order valence-corrected chi connectivity index (χ0v) is 10.6. The molecule has 0 amide bonds. The number of carbonyl (C=O) groups is 1. The monoisotopic (exact) mass is 228 g/mol. The van der Waals surface area contributed by atoms with Gasteiger partial charge >= 0.3 is 5.97 Å². The fourth-order valence-corrected chi connectivity index (χ4v) is 2.06. The van der Waals surface area contributed by atoms with Crippen molar-refractivity contribution >= 4 is 5.97 Å². The second kappa shape index (κ2) is 6.21. The van der Waals surface area contributed by atoms with Gasteiger partial charge in [0.1, 0.15) is 6.04 Å². The third-order valence-corrected chi connectivity index (χ3v) is 3.58. The molecule has 1 saturated heterocycles. The van der Waals surface area contributed by atoms with Gasteiger partial charge < -0.3 is 10.0 Å². The van der Waals surface area contributed by atoms with Gasteiger partial charge in [-0.25, -0.2) is 0 Å². The van der Waals surface area contributed by atoms with E-state index in [1.165, 1.54) is 6.42 Å². The first-order valence-electron chi connectivity index (χ1n) is 6.23. The summed E-state index contributed by atoms with van der Waals surface area (Å²) in [6.07, 6.45) is 1.21. The summed E-state index contributed by atoms with van der Waals surface area (Å²) in [6, 6.07) is -0.342. The Morgan fingerprint density at radius 2 is 1.81 bits per heavy atom. The summed E-state index contributed by atoms with van der Waals surface area (Å²) >= 11 is 0. The van der Waals surface area contributed by atoms with Crippen LogP contribution in [0, 0.1) is 5.92 Å². The predicted octanol–water partition coefficient (Wildman–Crippen LogP) is 1.12. The molecule has 1 N–H and O–H groups in total. The molecule has 0 radical (unpaired) electrons. The molecule has 0 saturated carbocycles. The second-order valence-corrected chi connectivity index (χ2v) is 4.86. The molecule has 0 aromatic rings. The lowest BCUT2D eigenvalue weighted by Crippen LogP contribution is -2.52. The third kappa shape index (κ3) is 3.76. The lowest BCUT2D eigenvalue weighted by molar-refractivity contribution is -0.143. The third-order valence-electron chi connectivity index (χ3n) is 3.58. The average Bonchev–Trinajstić information content (AvgIpc) is 2.28. The number of nitrogens with zero attached hydrogens (tertiary/aromatic N) is 2. The van der Waals surface area contributed by atoms with Gasteiger partial charge in [-0.15, -0.1) is 0 Å². The predicted molar refractivity (Wildman–Crippen MR) is 64.6 cm³/mol. The first-order chi connectivity index (χ1) is 7.54. The molecule has 16 heavy (non-hydrogen) atoms. The highest BCUT2D eigenvalue weighted by atomic mass is 16.4. The van der Waals surface area contributed by atoms with Crippen LogP contribution in [0.15, 0.2) is 0 Å². The summed E-state index contributed by atoms with van der Waals surface area (Å²) in [5.41, 5.74) is 0. The van der Waals surface area contributed by atoms with Crippen LogP contribution < -0.4 is 0 Å². The first-order valence-corrected chi connectivity index (χ1v) is 6.23. The van der Waals surface area contributed by atoms with Crippen molar-refractivity contribution in [2.24, 2.45) is 5.92 Å². The van der Waals surface area contributed by atoms with Gasteiger partial charge in [-0.05, 0) is 12.8 Å². The SMILES string of the molecule is CCC(C)CN1CCN(C(C)C(=O)O)CC1. The minimum absolute atomic E-state index is 0.342. The lowest BCUT2D eigenvalue weighted by Gasteiger charge is -2.37. The summed E-state index contributed by atoms with van der Waals surface area (Å²) in [7, 11) is 0. The van der Waals surface area contributed by atoms with E-state index >= 15 is 0 Å². The largest absolute Gasteiger partial charge is 0.480 e. The van der Waals surface area contributed by atoms with Gasteiger partial charge in [0, 0.05) is 32.7 Å². The lowest BCUT2D eigenvalue weighted by atomic mass is 10.1. The van der Waals surface area contributed by atoms with Crippen molar-refractivity contribution in [2.45, 2.75) is 33.2 Å². The van der Waals surface area contributed by atoms with E-state index in [0.717, 1.165) is 38.6 Å². The van der Waals surface area contributed by atoms with Crippen LogP contribution in [0.5, 0.6) is 0 Å². The summed E-state index contributed by atoms with van der Waals surface area (Å²) in [4.78, 5) is 15.3. The van der Waals surface area contributed by atoms with Gasteiger partial charge in [0.25, 0.3) is 0 Å². The van der Waals surface area contributed by atoms with Crippen LogP contribution in [0.3, 0.4) is 0 Å². The normalized spacial score (nSPS) is 22.9. The number of aliphatic carboxylic acids is 1. The van der Waals surface area contributed by atoms with E-state index in [2.05, 4.69) is 23.6 Å². The van der Waals surface area contributed by atoms with Crippen molar-refractivity contribution in [3.8, 4) is 0 Å². The molecule has 2 unspecified atom stereocenters. The number of carboxylic acids is 1. The van der Waals surface area contributed by atoms with Crippen LogP contribution in [-0.2, 0) is 4.79 Å². The number of hydrogen-bond donors (Lipinski definition) is 1. The van der Waals surface area contributed by atoms with Gasteiger partial charge in [-0.3, -0.25) is 9.69 Å². The molecule has 1 heterocycles. The Balaban J connectivity index is 2.31. The molecule has 2 atom stereocenters. The van der Waals surface area contributed by atoms with Gasteiger partial charge in [0.2, 0.25) is 0 Å². The molecule has 0 aromatic heterocycles. The van der Waals surface area contributed by atoms with Crippen molar-refractivity contribution in [1.82, 2.24) is 9.80 Å². The standard InChI is InChI=1S/C12H24N2O2/c1-4-10(2)9-13-5-7-14(8-6-13)11(3)12(15)16/h10-11H,4-9H2,1-3H3,(H,15,16). The highest BCUT2D eigenvalue weighted by molar-refractivity contribution is 5.72. The van der Waals surface area contributed by atoms with Gasteiger partial charge in [0.15, 0.2) is 0 Å². The summed E-state index contributed by atoms with van der Waals surface area (Å²) in [6.45, 7) is 11.2. The van der Waals surface area contributed by atoms with Crippen molar-refractivity contribution < 1.29 is 9.90 Å². The minimum Gasteiger partial charge on any atom is -0.480 e. The Labute approximate surface area is 98.2 Å². The molecular formula is C12H24N2O2. The molecule has 0 bridgehead atoms. The summed E-state index contributed by atoms with van der Waals surface area (Å²) < 4.78 is 0. The van der Waals surface area contributed by atoms with Crippen molar-refractivity contribution in [1.29, 1.82) is 0 Å². The van der Waals surface area contributed by atoms with E-state index in [0.29, 0.717) is 0 Å². The number of carboxylic acid groups (broad SMARTS) is 1. The fraction of sp³-hybridized carbons (Fsp3) is 0.917. The highest BCUT2D eigenvalue weighted by Gasteiger charge is 2.25. The number of rotatable bonds is 5. The average molecular weight is 228 g/mol. The minimum atomic E-state index is -0.713. The van der Waals surface area contributed by atoms with E-state index < -0.39 is 5.97 Å². The first kappa shape index (κ1) is 13.5. The van der Waals surface area contributed by atoms with E-state index in [1.807, 2.05) is 0 Å². The molecule has 0 aliphatic carbocycles. The maximum atomic E-state index is 10.8. The molecule has 94 valence electrons. The van der Waals surface area contributed by atoms with E-state index in [1.54, 1.807) is 6.92 Å². The maximum Gasteiger partial charge on any atom is 0.320 e. The zero-order chi connectivity index (χ0) is 12.1. The quantitative estimate of drug-likeness (QED) is 0.766. The summed E-state index contributed by atoms with van der Waals surface area (Å²) in [5.74, 6) is 0.0267. The van der Waals surface area contributed by atoms with Crippen LogP contribution in [0.2, 0.25) is 0 Å². The van der Waals surface area contributed by atoms with Gasteiger partial charge in [-0.1, -0.05) is 20.3 Å². The Bertz CT molecular complexity index is 225. The second-order valence-electron chi connectivity index (χ2n) is 4.86. The number of hydrogen-bond acceptors (Lipinski definition) is 3. The molecule has 1 aliphatic heterocycles. The van der Waals surface area contributed by atoms with Crippen LogP contribution >= 0.6 is 0 Å². The Morgan fingerprint density at radius 3 is 2.25 bits per heavy atom. The molecule has 1 aliphatic rings. The topological polar surface area (TPSA) is 43.8 Å².